The van der Waals surface area contributed by atoms with Crippen molar-refractivity contribution < 1.29 is 4.79 Å². The molecule has 0 bridgehead atoms. The van der Waals surface area contributed by atoms with Crippen LogP contribution in [0.4, 0.5) is 0 Å². The van der Waals surface area contributed by atoms with E-state index in [2.05, 4.69) is 19.2 Å². The zero-order valence-electron chi connectivity index (χ0n) is 9.13. The number of hydrogen-bond donors (Lipinski definition) is 1. The molecule has 0 heterocycles. The summed E-state index contributed by atoms with van der Waals surface area (Å²) >= 11 is 0. The van der Waals surface area contributed by atoms with Gasteiger partial charge in [-0.2, -0.15) is 0 Å². The Morgan fingerprint density at radius 2 is 2.08 bits per heavy atom. The molecule has 0 saturated heterocycles. The minimum Gasteiger partial charge on any atom is -0.316 e. The molecule has 0 fully saturated rings. The van der Waals surface area contributed by atoms with E-state index in [-0.39, 0.29) is 11.7 Å². The Kier molecular flexibility index (Phi) is 6.51. The van der Waals surface area contributed by atoms with Gasteiger partial charge >= 0.3 is 0 Å². The molecular formula is C11H21NO. The highest BCUT2D eigenvalue weighted by molar-refractivity contribution is 5.80. The molecule has 0 aromatic rings. The molecule has 0 aliphatic carbocycles. The molecule has 0 aromatic heterocycles. The molecule has 13 heavy (non-hydrogen) atoms. The third-order valence-electron chi connectivity index (χ3n) is 1.94. The third-order valence-corrected chi connectivity index (χ3v) is 1.94. The molecule has 0 aliphatic heterocycles. The van der Waals surface area contributed by atoms with E-state index in [1.54, 1.807) is 6.92 Å². The van der Waals surface area contributed by atoms with E-state index >= 15 is 0 Å². The van der Waals surface area contributed by atoms with Crippen LogP contribution < -0.4 is 5.32 Å². The molecule has 1 atom stereocenters. The standard InChI is InChI=1S/C11H21NO/c1-9(2)8-11(10(3)13)6-5-7-12-4/h5-6,9,11-12H,7-8H2,1-4H3/b6-5+/t11-/m0/s1. The van der Waals surface area contributed by atoms with Gasteiger partial charge in [0.15, 0.2) is 0 Å². The van der Waals surface area contributed by atoms with Gasteiger partial charge in [-0.15, -0.1) is 0 Å². The zero-order chi connectivity index (χ0) is 10.3. The lowest BCUT2D eigenvalue weighted by Crippen LogP contribution is -2.12. The predicted octanol–water partition coefficient (Wildman–Crippen LogP) is 2.01. The Morgan fingerprint density at radius 3 is 2.46 bits per heavy atom. The first-order chi connectivity index (χ1) is 6.07. The van der Waals surface area contributed by atoms with Crippen LogP contribution in [0.5, 0.6) is 0 Å². The van der Waals surface area contributed by atoms with Crippen LogP contribution in [0.15, 0.2) is 12.2 Å². The van der Waals surface area contributed by atoms with Crippen LogP contribution in [0.3, 0.4) is 0 Å². The second-order valence-electron chi connectivity index (χ2n) is 3.83. The molecule has 2 heteroatoms. The molecule has 76 valence electrons. The van der Waals surface area contributed by atoms with E-state index in [9.17, 15) is 4.79 Å². The maximum absolute atomic E-state index is 11.2. The predicted molar refractivity (Wildman–Crippen MR) is 56.7 cm³/mol. The van der Waals surface area contributed by atoms with Crippen LogP contribution in [0.1, 0.15) is 27.2 Å². The van der Waals surface area contributed by atoms with Gasteiger partial charge in [0.05, 0.1) is 0 Å². The van der Waals surface area contributed by atoms with Gasteiger partial charge in [-0.1, -0.05) is 26.0 Å². The van der Waals surface area contributed by atoms with Crippen LogP contribution in [-0.2, 0) is 4.79 Å². The van der Waals surface area contributed by atoms with Crippen molar-refractivity contribution in [2.75, 3.05) is 13.6 Å². The van der Waals surface area contributed by atoms with E-state index in [1.165, 1.54) is 0 Å². The number of carbonyl (C=O) groups excluding carboxylic acids is 1. The topological polar surface area (TPSA) is 29.1 Å². The van der Waals surface area contributed by atoms with Crippen LogP contribution >= 0.6 is 0 Å². The normalized spacial score (nSPS) is 13.9. The fourth-order valence-corrected chi connectivity index (χ4v) is 1.24. The van der Waals surface area contributed by atoms with Gasteiger partial charge in [0.2, 0.25) is 0 Å². The van der Waals surface area contributed by atoms with Gasteiger partial charge in [-0.05, 0) is 26.3 Å². The highest BCUT2D eigenvalue weighted by atomic mass is 16.1. The lowest BCUT2D eigenvalue weighted by Gasteiger charge is -2.11. The average molecular weight is 183 g/mol. The van der Waals surface area contributed by atoms with Crippen molar-refractivity contribution in [3.8, 4) is 0 Å². The van der Waals surface area contributed by atoms with Gasteiger partial charge in [-0.25, -0.2) is 0 Å². The Hall–Kier alpha value is -0.630. The quantitative estimate of drug-likeness (QED) is 0.638. The molecular weight excluding hydrogens is 162 g/mol. The molecule has 0 saturated carbocycles. The van der Waals surface area contributed by atoms with Gasteiger partial charge in [0.25, 0.3) is 0 Å². The SMILES string of the molecule is CNC/C=C/[C@@H](CC(C)C)C(C)=O. The van der Waals surface area contributed by atoms with Crippen molar-refractivity contribution in [2.45, 2.75) is 27.2 Å². The second kappa shape index (κ2) is 6.84. The monoisotopic (exact) mass is 183 g/mol. The van der Waals surface area contributed by atoms with E-state index in [4.69, 9.17) is 0 Å². The lowest BCUT2D eigenvalue weighted by molar-refractivity contribution is -0.119. The lowest BCUT2D eigenvalue weighted by atomic mass is 9.93. The Labute approximate surface area is 81.4 Å². The largest absolute Gasteiger partial charge is 0.316 e. The highest BCUT2D eigenvalue weighted by Gasteiger charge is 2.11. The summed E-state index contributed by atoms with van der Waals surface area (Å²) in [6.07, 6.45) is 4.99. The second-order valence-corrected chi connectivity index (χ2v) is 3.83. The van der Waals surface area contributed by atoms with Gasteiger partial charge in [0, 0.05) is 12.5 Å². The first-order valence-electron chi connectivity index (χ1n) is 4.89. The number of allylic oxidation sites excluding steroid dienone is 1. The Bertz CT molecular complexity index is 173. The summed E-state index contributed by atoms with van der Waals surface area (Å²) < 4.78 is 0. The van der Waals surface area contributed by atoms with Crippen LogP contribution in [0.2, 0.25) is 0 Å². The molecule has 2 nitrogen and oxygen atoms in total. The summed E-state index contributed by atoms with van der Waals surface area (Å²) in [7, 11) is 1.90. The van der Waals surface area contributed by atoms with Crippen molar-refractivity contribution in [3.05, 3.63) is 12.2 Å². The number of likely N-dealkylation sites (N-methyl/N-ethyl adjacent to an activating group) is 1. The van der Waals surface area contributed by atoms with E-state index in [1.807, 2.05) is 19.2 Å². The maximum Gasteiger partial charge on any atom is 0.136 e. The summed E-state index contributed by atoms with van der Waals surface area (Å²) in [5.41, 5.74) is 0. The molecule has 0 aliphatic rings. The minimum absolute atomic E-state index is 0.105. The molecule has 0 amide bonds. The summed E-state index contributed by atoms with van der Waals surface area (Å²) in [4.78, 5) is 11.2. The van der Waals surface area contributed by atoms with Gasteiger partial charge in [-0.3, -0.25) is 4.79 Å². The summed E-state index contributed by atoms with van der Waals surface area (Å²) in [6, 6.07) is 0. The van der Waals surface area contributed by atoms with Crippen molar-refractivity contribution in [1.82, 2.24) is 5.32 Å². The van der Waals surface area contributed by atoms with Crippen molar-refractivity contribution in [1.29, 1.82) is 0 Å². The molecule has 0 radical (unpaired) electrons. The van der Waals surface area contributed by atoms with Gasteiger partial charge in [0.1, 0.15) is 5.78 Å². The van der Waals surface area contributed by atoms with Crippen LogP contribution in [0.25, 0.3) is 0 Å². The van der Waals surface area contributed by atoms with Crippen molar-refractivity contribution in [3.63, 3.8) is 0 Å². The minimum atomic E-state index is 0.105. The van der Waals surface area contributed by atoms with Crippen LogP contribution in [0, 0.1) is 11.8 Å². The smallest absolute Gasteiger partial charge is 0.136 e. The molecule has 0 unspecified atom stereocenters. The first-order valence-corrected chi connectivity index (χ1v) is 4.89. The maximum atomic E-state index is 11.2. The summed E-state index contributed by atoms with van der Waals surface area (Å²) in [5, 5.41) is 3.02. The first kappa shape index (κ1) is 12.4. The van der Waals surface area contributed by atoms with Crippen molar-refractivity contribution >= 4 is 5.78 Å². The average Bonchev–Trinajstić information content (AvgIpc) is 2.02. The Morgan fingerprint density at radius 1 is 1.46 bits per heavy atom. The number of ketones is 1. The van der Waals surface area contributed by atoms with E-state index in [0.29, 0.717) is 5.92 Å². The van der Waals surface area contributed by atoms with Crippen LogP contribution in [-0.4, -0.2) is 19.4 Å². The molecule has 1 N–H and O–H groups in total. The number of Topliss-reactive ketones (excluding diaryl/α,β-unsaturated/α-hetero) is 1. The summed E-state index contributed by atoms with van der Waals surface area (Å²) in [6.45, 7) is 6.78. The fourth-order valence-electron chi connectivity index (χ4n) is 1.24. The Balaban J connectivity index is 4.02. The number of rotatable bonds is 6. The fraction of sp³-hybridized carbons (Fsp3) is 0.727. The van der Waals surface area contributed by atoms with E-state index < -0.39 is 0 Å². The number of hydrogen-bond acceptors (Lipinski definition) is 2. The molecule has 0 aromatic carbocycles. The molecule has 0 spiro atoms. The summed E-state index contributed by atoms with van der Waals surface area (Å²) in [5.74, 6) is 0.947. The third kappa shape index (κ3) is 6.52. The number of carbonyl (C=O) groups is 1. The molecule has 0 rings (SSSR count). The highest BCUT2D eigenvalue weighted by Crippen LogP contribution is 2.13. The number of nitrogens with one attached hydrogen (secondary N) is 1. The van der Waals surface area contributed by atoms with E-state index in [0.717, 1.165) is 13.0 Å². The van der Waals surface area contributed by atoms with Gasteiger partial charge < -0.3 is 5.32 Å². The zero-order valence-corrected chi connectivity index (χ0v) is 9.13. The van der Waals surface area contributed by atoms with Crippen molar-refractivity contribution in [2.24, 2.45) is 11.8 Å².